The van der Waals surface area contributed by atoms with E-state index in [0.29, 0.717) is 24.6 Å². The summed E-state index contributed by atoms with van der Waals surface area (Å²) in [6, 6.07) is 6.21. The number of hydrogen-bond acceptors (Lipinski definition) is 4. The molecule has 1 aromatic rings. The number of rotatable bonds is 7. The molecular formula is C13H18N2O5. The summed E-state index contributed by atoms with van der Waals surface area (Å²) >= 11 is 0. The normalized spacial score (nSPS) is 9.90. The van der Waals surface area contributed by atoms with Crippen LogP contribution in [-0.2, 0) is 9.53 Å². The van der Waals surface area contributed by atoms with Gasteiger partial charge in [0, 0.05) is 26.4 Å². The number of nitrogens with zero attached hydrogens (tertiary/aromatic N) is 1. The first-order valence-electron chi connectivity index (χ1n) is 5.98. The number of aliphatic carboxylic acids is 1. The van der Waals surface area contributed by atoms with E-state index in [-0.39, 0.29) is 6.03 Å². The third kappa shape index (κ3) is 5.57. The Morgan fingerprint density at radius 1 is 1.30 bits per heavy atom. The number of benzene rings is 1. The van der Waals surface area contributed by atoms with Crippen molar-refractivity contribution in [1.29, 1.82) is 0 Å². The lowest BCUT2D eigenvalue weighted by Crippen LogP contribution is -2.33. The van der Waals surface area contributed by atoms with Gasteiger partial charge in [0.15, 0.2) is 6.61 Å². The molecule has 7 nitrogen and oxygen atoms in total. The van der Waals surface area contributed by atoms with E-state index < -0.39 is 12.6 Å². The number of methoxy groups -OCH3 is 1. The van der Waals surface area contributed by atoms with Crippen molar-refractivity contribution in [1.82, 2.24) is 4.90 Å². The summed E-state index contributed by atoms with van der Waals surface area (Å²) < 4.78 is 9.88. The number of carbonyl (C=O) groups is 2. The molecule has 20 heavy (non-hydrogen) atoms. The summed E-state index contributed by atoms with van der Waals surface area (Å²) in [6.45, 7) is 0.555. The molecule has 0 saturated carbocycles. The Hall–Kier alpha value is -2.28. The second kappa shape index (κ2) is 8.00. The number of carbonyl (C=O) groups excluding carboxylic acids is 1. The van der Waals surface area contributed by atoms with Gasteiger partial charge in [0.25, 0.3) is 0 Å². The van der Waals surface area contributed by atoms with Crippen molar-refractivity contribution in [3.8, 4) is 5.75 Å². The summed E-state index contributed by atoms with van der Waals surface area (Å²) in [5, 5.41) is 11.2. The fourth-order valence-electron chi connectivity index (χ4n) is 1.33. The number of hydrogen-bond donors (Lipinski definition) is 2. The Kier molecular flexibility index (Phi) is 6.31. The zero-order valence-corrected chi connectivity index (χ0v) is 11.5. The van der Waals surface area contributed by atoms with Crippen LogP contribution in [0.25, 0.3) is 0 Å². The van der Waals surface area contributed by atoms with Crippen LogP contribution in [0.15, 0.2) is 24.3 Å². The summed E-state index contributed by atoms with van der Waals surface area (Å²) in [5.41, 5.74) is 0.599. The average Bonchev–Trinajstić information content (AvgIpc) is 2.43. The molecular weight excluding hydrogens is 264 g/mol. The van der Waals surface area contributed by atoms with Crippen LogP contribution in [0.1, 0.15) is 0 Å². The first-order valence-corrected chi connectivity index (χ1v) is 5.98. The monoisotopic (exact) mass is 282 g/mol. The predicted octanol–water partition coefficient (Wildman–Crippen LogP) is 1.26. The maximum Gasteiger partial charge on any atom is 0.341 e. The van der Waals surface area contributed by atoms with Gasteiger partial charge in [-0.3, -0.25) is 0 Å². The van der Waals surface area contributed by atoms with Crippen LogP contribution in [0.4, 0.5) is 10.5 Å². The molecule has 0 heterocycles. The zero-order valence-electron chi connectivity index (χ0n) is 11.5. The fraction of sp³-hybridized carbons (Fsp3) is 0.385. The third-order valence-corrected chi connectivity index (χ3v) is 2.45. The first-order chi connectivity index (χ1) is 9.52. The molecule has 0 spiro atoms. The maximum atomic E-state index is 11.8. The fourth-order valence-corrected chi connectivity index (χ4v) is 1.33. The van der Waals surface area contributed by atoms with Gasteiger partial charge in [-0.2, -0.15) is 0 Å². The molecule has 0 bridgehead atoms. The molecule has 0 aliphatic carbocycles. The highest BCUT2D eigenvalue weighted by Crippen LogP contribution is 2.15. The Morgan fingerprint density at radius 3 is 2.50 bits per heavy atom. The topological polar surface area (TPSA) is 88.1 Å². The standard InChI is InChI=1S/C13H18N2O5/c1-15(7-8-19-2)13(18)14-10-3-5-11(6-4-10)20-9-12(16)17/h3-6H,7-9H2,1-2H3,(H,14,18)(H,16,17). The van der Waals surface area contributed by atoms with E-state index in [1.807, 2.05) is 0 Å². The number of ether oxygens (including phenoxy) is 2. The van der Waals surface area contributed by atoms with Gasteiger partial charge in [-0.1, -0.05) is 0 Å². The molecule has 1 aromatic carbocycles. The number of amides is 2. The van der Waals surface area contributed by atoms with Crippen molar-refractivity contribution in [3.63, 3.8) is 0 Å². The largest absolute Gasteiger partial charge is 0.482 e. The van der Waals surface area contributed by atoms with Gasteiger partial charge in [-0.25, -0.2) is 9.59 Å². The highest BCUT2D eigenvalue weighted by molar-refractivity contribution is 5.89. The number of anilines is 1. The van der Waals surface area contributed by atoms with Crippen LogP contribution in [0, 0.1) is 0 Å². The van der Waals surface area contributed by atoms with Crippen LogP contribution < -0.4 is 10.1 Å². The molecule has 2 N–H and O–H groups in total. The van der Waals surface area contributed by atoms with E-state index in [1.54, 1.807) is 38.4 Å². The molecule has 0 fully saturated rings. The van der Waals surface area contributed by atoms with Gasteiger partial charge in [0.1, 0.15) is 5.75 Å². The van der Waals surface area contributed by atoms with Crippen molar-refractivity contribution in [3.05, 3.63) is 24.3 Å². The predicted molar refractivity (Wildman–Crippen MR) is 73.1 cm³/mol. The second-order valence-corrected chi connectivity index (χ2v) is 4.05. The van der Waals surface area contributed by atoms with Crippen LogP contribution in [0.5, 0.6) is 5.75 Å². The zero-order chi connectivity index (χ0) is 15.0. The third-order valence-electron chi connectivity index (χ3n) is 2.45. The molecule has 0 aliphatic heterocycles. The molecule has 1 rings (SSSR count). The molecule has 0 aromatic heterocycles. The summed E-state index contributed by atoms with van der Waals surface area (Å²) in [5.74, 6) is -0.611. The van der Waals surface area contributed by atoms with Crippen molar-refractivity contribution in [2.24, 2.45) is 0 Å². The maximum absolute atomic E-state index is 11.8. The van der Waals surface area contributed by atoms with Crippen molar-refractivity contribution >= 4 is 17.7 Å². The number of nitrogens with one attached hydrogen (secondary N) is 1. The van der Waals surface area contributed by atoms with Gasteiger partial charge in [0.05, 0.1) is 6.61 Å². The van der Waals surface area contributed by atoms with Gasteiger partial charge in [-0.05, 0) is 24.3 Å². The molecule has 0 radical (unpaired) electrons. The van der Waals surface area contributed by atoms with Crippen LogP contribution in [0.3, 0.4) is 0 Å². The number of carboxylic acid groups (broad SMARTS) is 1. The van der Waals surface area contributed by atoms with Gasteiger partial charge in [-0.15, -0.1) is 0 Å². The summed E-state index contributed by atoms with van der Waals surface area (Å²) in [4.78, 5) is 23.6. The number of urea groups is 1. The molecule has 0 aliphatic rings. The molecule has 0 atom stereocenters. The van der Waals surface area contributed by atoms with E-state index in [9.17, 15) is 9.59 Å². The highest BCUT2D eigenvalue weighted by Gasteiger charge is 2.08. The Morgan fingerprint density at radius 2 is 1.95 bits per heavy atom. The quantitative estimate of drug-likeness (QED) is 0.786. The molecule has 2 amide bonds. The van der Waals surface area contributed by atoms with Crippen molar-refractivity contribution in [2.45, 2.75) is 0 Å². The van der Waals surface area contributed by atoms with E-state index >= 15 is 0 Å². The van der Waals surface area contributed by atoms with E-state index in [1.165, 1.54) is 4.90 Å². The Balaban J connectivity index is 2.48. The minimum atomic E-state index is -1.04. The van der Waals surface area contributed by atoms with Gasteiger partial charge < -0.3 is 24.8 Å². The van der Waals surface area contributed by atoms with Crippen LogP contribution >= 0.6 is 0 Å². The second-order valence-electron chi connectivity index (χ2n) is 4.05. The number of carboxylic acids is 1. The smallest absolute Gasteiger partial charge is 0.341 e. The lowest BCUT2D eigenvalue weighted by atomic mass is 10.3. The molecule has 110 valence electrons. The van der Waals surface area contributed by atoms with E-state index in [2.05, 4.69) is 5.32 Å². The lowest BCUT2D eigenvalue weighted by Gasteiger charge is -2.17. The number of likely N-dealkylation sites (N-methyl/N-ethyl adjacent to an activating group) is 1. The van der Waals surface area contributed by atoms with Crippen LogP contribution in [0.2, 0.25) is 0 Å². The SMILES string of the molecule is COCCN(C)C(=O)Nc1ccc(OCC(=O)O)cc1. The van der Waals surface area contributed by atoms with Gasteiger partial charge >= 0.3 is 12.0 Å². The summed E-state index contributed by atoms with van der Waals surface area (Å²) in [6.07, 6.45) is 0. The minimum absolute atomic E-state index is 0.249. The molecule has 0 saturated heterocycles. The van der Waals surface area contributed by atoms with Crippen LogP contribution in [-0.4, -0.2) is 55.9 Å². The Labute approximate surface area is 117 Å². The van der Waals surface area contributed by atoms with Crippen molar-refractivity contribution in [2.75, 3.05) is 39.2 Å². The summed E-state index contributed by atoms with van der Waals surface area (Å²) in [7, 11) is 3.24. The minimum Gasteiger partial charge on any atom is -0.482 e. The molecule has 7 heteroatoms. The molecule has 0 unspecified atom stereocenters. The van der Waals surface area contributed by atoms with E-state index in [0.717, 1.165) is 0 Å². The first kappa shape index (κ1) is 15.8. The average molecular weight is 282 g/mol. The highest BCUT2D eigenvalue weighted by atomic mass is 16.5. The van der Waals surface area contributed by atoms with Crippen molar-refractivity contribution < 1.29 is 24.2 Å². The van der Waals surface area contributed by atoms with E-state index in [4.69, 9.17) is 14.6 Å². The lowest BCUT2D eigenvalue weighted by molar-refractivity contribution is -0.139. The Bertz CT molecular complexity index is 447. The van der Waals surface area contributed by atoms with Gasteiger partial charge in [0.2, 0.25) is 0 Å².